The van der Waals surface area contributed by atoms with Crippen molar-refractivity contribution in [3.05, 3.63) is 0 Å². The summed E-state index contributed by atoms with van der Waals surface area (Å²) in [5.74, 6) is 5.39. The van der Waals surface area contributed by atoms with E-state index in [1.165, 1.54) is 12.8 Å². The highest BCUT2D eigenvalue weighted by molar-refractivity contribution is 5.81. The lowest BCUT2D eigenvalue weighted by Gasteiger charge is -2.32. The molecule has 1 saturated carbocycles. The third kappa shape index (κ3) is 3.43. The van der Waals surface area contributed by atoms with Crippen LogP contribution in [0.25, 0.3) is 0 Å². The SMILES string of the molecule is COCCN(C1CC1)C(C(=O)NN)C(C)C. The molecule has 5 heteroatoms. The van der Waals surface area contributed by atoms with Crippen LogP contribution < -0.4 is 11.3 Å². The summed E-state index contributed by atoms with van der Waals surface area (Å²) >= 11 is 0. The van der Waals surface area contributed by atoms with Crippen molar-refractivity contribution >= 4 is 5.91 Å². The number of hydrogen-bond donors (Lipinski definition) is 2. The Morgan fingerprint density at radius 2 is 2.19 bits per heavy atom. The highest BCUT2D eigenvalue weighted by Crippen LogP contribution is 2.30. The van der Waals surface area contributed by atoms with Gasteiger partial charge in [0.25, 0.3) is 5.91 Å². The van der Waals surface area contributed by atoms with E-state index >= 15 is 0 Å². The average molecular weight is 229 g/mol. The van der Waals surface area contributed by atoms with Gasteiger partial charge in [-0.2, -0.15) is 0 Å². The topological polar surface area (TPSA) is 67.6 Å². The van der Waals surface area contributed by atoms with E-state index in [4.69, 9.17) is 10.6 Å². The molecule has 1 aliphatic carbocycles. The summed E-state index contributed by atoms with van der Waals surface area (Å²) in [6.07, 6.45) is 2.34. The first-order valence-electron chi connectivity index (χ1n) is 5.87. The number of carbonyl (C=O) groups is 1. The summed E-state index contributed by atoms with van der Waals surface area (Å²) in [6.45, 7) is 5.53. The van der Waals surface area contributed by atoms with Gasteiger partial charge in [-0.05, 0) is 18.8 Å². The maximum Gasteiger partial charge on any atom is 0.251 e. The first kappa shape index (κ1) is 13.4. The lowest BCUT2D eigenvalue weighted by molar-refractivity contribution is -0.128. The third-order valence-electron chi connectivity index (χ3n) is 2.97. The Morgan fingerprint density at radius 1 is 1.56 bits per heavy atom. The molecule has 0 saturated heterocycles. The van der Waals surface area contributed by atoms with Crippen LogP contribution in [-0.2, 0) is 9.53 Å². The summed E-state index contributed by atoms with van der Waals surface area (Å²) in [4.78, 5) is 14.0. The van der Waals surface area contributed by atoms with Crippen LogP contribution in [0, 0.1) is 5.92 Å². The van der Waals surface area contributed by atoms with Gasteiger partial charge >= 0.3 is 0 Å². The number of nitrogens with one attached hydrogen (secondary N) is 1. The fourth-order valence-electron chi connectivity index (χ4n) is 2.07. The number of carbonyl (C=O) groups excluding carboxylic acids is 1. The Hall–Kier alpha value is -0.650. The molecule has 1 rings (SSSR count). The lowest BCUT2D eigenvalue weighted by Crippen LogP contribution is -2.53. The van der Waals surface area contributed by atoms with Crippen LogP contribution in [0.2, 0.25) is 0 Å². The predicted octanol–water partition coefficient (Wildman–Crippen LogP) is 0.112. The Morgan fingerprint density at radius 3 is 2.56 bits per heavy atom. The van der Waals surface area contributed by atoms with Crippen molar-refractivity contribution < 1.29 is 9.53 Å². The van der Waals surface area contributed by atoms with E-state index in [0.29, 0.717) is 12.6 Å². The van der Waals surface area contributed by atoms with Gasteiger partial charge in [0.15, 0.2) is 0 Å². The molecule has 0 spiro atoms. The number of hydrogen-bond acceptors (Lipinski definition) is 4. The monoisotopic (exact) mass is 229 g/mol. The average Bonchev–Trinajstić information content (AvgIpc) is 3.06. The van der Waals surface area contributed by atoms with Crippen LogP contribution in [0.3, 0.4) is 0 Å². The van der Waals surface area contributed by atoms with Gasteiger partial charge in [-0.3, -0.25) is 15.1 Å². The Bertz CT molecular complexity index is 229. The summed E-state index contributed by atoms with van der Waals surface area (Å²) < 4.78 is 5.09. The van der Waals surface area contributed by atoms with Gasteiger partial charge in [-0.15, -0.1) is 0 Å². The zero-order valence-corrected chi connectivity index (χ0v) is 10.4. The molecular weight excluding hydrogens is 206 g/mol. The molecule has 1 amide bonds. The van der Waals surface area contributed by atoms with E-state index in [-0.39, 0.29) is 17.9 Å². The van der Waals surface area contributed by atoms with E-state index < -0.39 is 0 Å². The van der Waals surface area contributed by atoms with Crippen molar-refractivity contribution in [2.45, 2.75) is 38.8 Å². The van der Waals surface area contributed by atoms with Crippen LogP contribution in [-0.4, -0.2) is 43.2 Å². The second-order valence-corrected chi connectivity index (χ2v) is 4.66. The highest BCUT2D eigenvalue weighted by Gasteiger charge is 2.38. The number of amides is 1. The number of nitrogens with two attached hydrogens (primary N) is 1. The van der Waals surface area contributed by atoms with Crippen molar-refractivity contribution in [1.29, 1.82) is 0 Å². The molecule has 0 aromatic heterocycles. The lowest BCUT2D eigenvalue weighted by atomic mass is 10.0. The van der Waals surface area contributed by atoms with Crippen LogP contribution >= 0.6 is 0 Å². The number of hydrazine groups is 1. The van der Waals surface area contributed by atoms with E-state index in [1.807, 2.05) is 13.8 Å². The smallest absolute Gasteiger partial charge is 0.251 e. The maximum atomic E-state index is 11.8. The van der Waals surface area contributed by atoms with Crippen molar-refractivity contribution in [2.24, 2.45) is 11.8 Å². The summed E-state index contributed by atoms with van der Waals surface area (Å²) in [5.41, 5.74) is 2.26. The summed E-state index contributed by atoms with van der Waals surface area (Å²) in [5, 5.41) is 0. The number of methoxy groups -OCH3 is 1. The Labute approximate surface area is 97.3 Å². The van der Waals surface area contributed by atoms with E-state index in [0.717, 1.165) is 6.54 Å². The normalized spacial score (nSPS) is 17.9. The van der Waals surface area contributed by atoms with Gasteiger partial charge in [0.1, 0.15) is 0 Å². The van der Waals surface area contributed by atoms with Crippen molar-refractivity contribution in [1.82, 2.24) is 10.3 Å². The van der Waals surface area contributed by atoms with E-state index in [2.05, 4.69) is 10.3 Å². The van der Waals surface area contributed by atoms with Crippen LogP contribution in [0.1, 0.15) is 26.7 Å². The van der Waals surface area contributed by atoms with Gasteiger partial charge in [0, 0.05) is 19.7 Å². The second kappa shape index (κ2) is 6.18. The first-order chi connectivity index (χ1) is 7.61. The standard InChI is InChI=1S/C11H23N3O2/c1-8(2)10(11(15)13-12)14(6-7-16-3)9-4-5-9/h8-10H,4-7,12H2,1-3H3,(H,13,15). The summed E-state index contributed by atoms with van der Waals surface area (Å²) in [6, 6.07) is 0.382. The quantitative estimate of drug-likeness (QED) is 0.369. The van der Waals surface area contributed by atoms with Gasteiger partial charge in [0.2, 0.25) is 0 Å². The van der Waals surface area contributed by atoms with Crippen molar-refractivity contribution in [2.75, 3.05) is 20.3 Å². The van der Waals surface area contributed by atoms with Gasteiger partial charge in [-0.1, -0.05) is 13.8 Å². The molecule has 16 heavy (non-hydrogen) atoms. The molecular formula is C11H23N3O2. The van der Waals surface area contributed by atoms with Crippen LogP contribution in [0.5, 0.6) is 0 Å². The molecule has 1 aliphatic rings. The number of nitrogens with zero attached hydrogens (tertiary/aromatic N) is 1. The zero-order valence-electron chi connectivity index (χ0n) is 10.4. The van der Waals surface area contributed by atoms with Crippen molar-refractivity contribution in [3.8, 4) is 0 Å². The number of rotatable bonds is 7. The molecule has 0 heterocycles. The van der Waals surface area contributed by atoms with E-state index in [9.17, 15) is 4.79 Å². The molecule has 94 valence electrons. The van der Waals surface area contributed by atoms with Gasteiger partial charge in [0.05, 0.1) is 12.6 Å². The van der Waals surface area contributed by atoms with Crippen LogP contribution in [0.4, 0.5) is 0 Å². The van der Waals surface area contributed by atoms with Crippen LogP contribution in [0.15, 0.2) is 0 Å². The molecule has 0 radical (unpaired) electrons. The second-order valence-electron chi connectivity index (χ2n) is 4.66. The molecule has 1 unspecified atom stereocenters. The predicted molar refractivity (Wildman–Crippen MR) is 62.6 cm³/mol. The summed E-state index contributed by atoms with van der Waals surface area (Å²) in [7, 11) is 1.68. The zero-order chi connectivity index (χ0) is 12.1. The fourth-order valence-corrected chi connectivity index (χ4v) is 2.07. The maximum absolute atomic E-state index is 11.8. The fraction of sp³-hybridized carbons (Fsp3) is 0.909. The molecule has 0 aromatic rings. The minimum Gasteiger partial charge on any atom is -0.383 e. The first-order valence-corrected chi connectivity index (χ1v) is 5.87. The molecule has 0 aromatic carbocycles. The Balaban J connectivity index is 2.66. The van der Waals surface area contributed by atoms with Gasteiger partial charge < -0.3 is 4.74 Å². The largest absolute Gasteiger partial charge is 0.383 e. The minimum absolute atomic E-state index is 0.0991. The molecule has 1 fully saturated rings. The molecule has 5 nitrogen and oxygen atoms in total. The molecule has 1 atom stereocenters. The van der Waals surface area contributed by atoms with E-state index in [1.54, 1.807) is 7.11 Å². The molecule has 0 aliphatic heterocycles. The highest BCUT2D eigenvalue weighted by atomic mass is 16.5. The van der Waals surface area contributed by atoms with Gasteiger partial charge in [-0.25, -0.2) is 5.84 Å². The third-order valence-corrected chi connectivity index (χ3v) is 2.97. The number of ether oxygens (including phenoxy) is 1. The molecule has 3 N–H and O–H groups in total. The molecule has 0 bridgehead atoms. The Kier molecular flexibility index (Phi) is 5.18. The van der Waals surface area contributed by atoms with Crippen molar-refractivity contribution in [3.63, 3.8) is 0 Å². The minimum atomic E-state index is -0.146.